The lowest BCUT2D eigenvalue weighted by Crippen LogP contribution is -2.45. The van der Waals surface area contributed by atoms with Gasteiger partial charge in [-0.15, -0.1) is 0 Å². The van der Waals surface area contributed by atoms with Crippen molar-refractivity contribution in [2.75, 3.05) is 55.4 Å². The highest BCUT2D eigenvalue weighted by molar-refractivity contribution is 5.82. The second-order valence-electron chi connectivity index (χ2n) is 11.3. The average Bonchev–Trinajstić information content (AvgIpc) is 2.65. The first-order valence-electron chi connectivity index (χ1n) is 12.6. The van der Waals surface area contributed by atoms with Crippen LogP contribution in [0.3, 0.4) is 0 Å². The molecule has 0 heterocycles. The van der Waals surface area contributed by atoms with Crippen LogP contribution in [0.1, 0.15) is 64.2 Å². The van der Waals surface area contributed by atoms with E-state index in [9.17, 15) is 29.4 Å². The van der Waals surface area contributed by atoms with Crippen molar-refractivity contribution in [2.45, 2.75) is 76.4 Å². The number of unbranched alkanes of at least 4 members (excludes halogenated alkanes) is 6. The van der Waals surface area contributed by atoms with Crippen LogP contribution in [0, 0.1) is 0 Å². The molecule has 0 amide bonds. The number of quaternary nitrogens is 2. The smallest absolute Gasteiger partial charge is 0.330 e. The normalized spacial score (nSPS) is 13.8. The number of carboxylic acid groups (broad SMARTS) is 2. The number of esters is 2. The molecular formula is C26H46N2O8. The fourth-order valence-electron chi connectivity index (χ4n) is 3.75. The minimum Gasteiger partial charge on any atom is -0.550 e. The van der Waals surface area contributed by atoms with Gasteiger partial charge in [-0.2, -0.15) is 0 Å². The van der Waals surface area contributed by atoms with Crippen LogP contribution in [0.4, 0.5) is 0 Å². The zero-order valence-electron chi connectivity index (χ0n) is 23.0. The van der Waals surface area contributed by atoms with Gasteiger partial charge < -0.3 is 38.2 Å². The van der Waals surface area contributed by atoms with Crippen molar-refractivity contribution in [3.8, 4) is 0 Å². The number of carbonyl (C=O) groups excluding carboxylic acids is 4. The third-order valence-corrected chi connectivity index (χ3v) is 5.13. The Morgan fingerprint density at radius 1 is 0.694 bits per heavy atom. The van der Waals surface area contributed by atoms with Crippen LogP contribution in [0.2, 0.25) is 0 Å². The third kappa shape index (κ3) is 22.0. The Morgan fingerprint density at radius 3 is 1.61 bits per heavy atom. The van der Waals surface area contributed by atoms with Crippen LogP contribution in [-0.4, -0.2) is 100 Å². The lowest BCUT2D eigenvalue weighted by Gasteiger charge is -2.29. The fourth-order valence-corrected chi connectivity index (χ4v) is 3.75. The zero-order chi connectivity index (χ0) is 27.8. The maximum atomic E-state index is 12.0. The van der Waals surface area contributed by atoms with Crippen LogP contribution >= 0.6 is 0 Å². The standard InChI is InChI=1S/C26H46N2O8/c1-27(2,3)19-21(17-23(29)30)35-25(33)15-13-11-9-7-8-10-12-14-16-26(34)36-22(18-24(31)32)20-28(4,5)6/h13,15,21-22H,7-12,14,16-20H2,1-6H3. The summed E-state index contributed by atoms with van der Waals surface area (Å²) in [4.78, 5) is 45.8. The van der Waals surface area contributed by atoms with Gasteiger partial charge in [-0.3, -0.25) is 4.79 Å². The summed E-state index contributed by atoms with van der Waals surface area (Å²) in [6, 6.07) is 0. The molecule has 0 radical (unpaired) electrons. The number of hydrogen-bond acceptors (Lipinski definition) is 8. The van der Waals surface area contributed by atoms with Gasteiger partial charge in [-0.1, -0.05) is 31.8 Å². The van der Waals surface area contributed by atoms with Gasteiger partial charge in [0.15, 0.2) is 12.2 Å². The number of rotatable bonds is 20. The Balaban J connectivity index is 4.04. The van der Waals surface area contributed by atoms with E-state index in [1.165, 1.54) is 6.08 Å². The molecule has 36 heavy (non-hydrogen) atoms. The molecule has 0 rings (SSSR count). The number of likely N-dealkylation sites (N-methyl/N-ethyl adjacent to an activating group) is 2. The summed E-state index contributed by atoms with van der Waals surface area (Å²) in [5.74, 6) is -3.41. The van der Waals surface area contributed by atoms with Gasteiger partial charge in [0.25, 0.3) is 0 Å². The summed E-state index contributed by atoms with van der Waals surface area (Å²) in [5.41, 5.74) is 0. The Labute approximate surface area is 216 Å². The van der Waals surface area contributed by atoms with Crippen LogP contribution in [0.5, 0.6) is 0 Å². The summed E-state index contributed by atoms with van der Waals surface area (Å²) in [5, 5.41) is 21.8. The molecule has 0 aliphatic rings. The molecule has 10 nitrogen and oxygen atoms in total. The highest BCUT2D eigenvalue weighted by Crippen LogP contribution is 2.12. The summed E-state index contributed by atoms with van der Waals surface area (Å²) < 4.78 is 11.6. The van der Waals surface area contributed by atoms with Gasteiger partial charge in [0.2, 0.25) is 0 Å². The SMILES string of the molecule is C[N+](C)(C)CC(CC(=O)[O-])OC(=O)C=CCCCCCCCCC(=O)OC(CC(=O)[O-])C[N+](C)(C)C. The number of carbonyl (C=O) groups is 4. The van der Waals surface area contributed by atoms with E-state index < -0.39 is 30.1 Å². The van der Waals surface area contributed by atoms with Gasteiger partial charge in [0.05, 0.1) is 42.3 Å². The molecule has 208 valence electrons. The zero-order valence-corrected chi connectivity index (χ0v) is 23.0. The van der Waals surface area contributed by atoms with E-state index in [0.717, 1.165) is 32.1 Å². The molecule has 0 N–H and O–H groups in total. The molecule has 0 saturated heterocycles. The predicted molar refractivity (Wildman–Crippen MR) is 131 cm³/mol. The van der Waals surface area contributed by atoms with Crippen LogP contribution < -0.4 is 10.2 Å². The van der Waals surface area contributed by atoms with Crippen LogP contribution in [-0.2, 0) is 28.7 Å². The highest BCUT2D eigenvalue weighted by atomic mass is 16.5. The molecule has 0 saturated carbocycles. The maximum absolute atomic E-state index is 12.0. The minimum atomic E-state index is -1.25. The van der Waals surface area contributed by atoms with Gasteiger partial charge >= 0.3 is 11.9 Å². The Morgan fingerprint density at radius 2 is 1.14 bits per heavy atom. The lowest BCUT2D eigenvalue weighted by atomic mass is 10.1. The topological polar surface area (TPSA) is 133 Å². The quantitative estimate of drug-likeness (QED) is 0.0972. The van der Waals surface area contributed by atoms with Gasteiger partial charge in [0.1, 0.15) is 13.1 Å². The van der Waals surface area contributed by atoms with E-state index in [-0.39, 0.29) is 25.2 Å². The number of allylic oxidation sites excluding steroid dienone is 1. The molecule has 10 heteroatoms. The second kappa shape index (κ2) is 17.1. The van der Waals surface area contributed by atoms with E-state index in [4.69, 9.17) is 9.47 Å². The molecule has 0 aromatic heterocycles. The monoisotopic (exact) mass is 514 g/mol. The van der Waals surface area contributed by atoms with E-state index in [0.29, 0.717) is 34.9 Å². The average molecular weight is 515 g/mol. The summed E-state index contributed by atoms with van der Waals surface area (Å²) in [7, 11) is 11.4. The minimum absolute atomic E-state index is 0.262. The van der Waals surface area contributed by atoms with Crippen molar-refractivity contribution < 1.29 is 47.8 Å². The molecular weight excluding hydrogens is 468 g/mol. The van der Waals surface area contributed by atoms with Gasteiger partial charge in [0, 0.05) is 37.3 Å². The first-order chi connectivity index (χ1) is 16.6. The number of hydrogen-bond donors (Lipinski definition) is 0. The van der Waals surface area contributed by atoms with Gasteiger partial charge in [-0.05, 0) is 19.3 Å². The van der Waals surface area contributed by atoms with Crippen LogP contribution in [0.25, 0.3) is 0 Å². The Kier molecular flexibility index (Phi) is 15.9. The molecule has 0 aliphatic heterocycles. The fraction of sp³-hybridized carbons (Fsp3) is 0.769. The molecule has 0 bridgehead atoms. The summed E-state index contributed by atoms with van der Waals surface area (Å²) in [6.45, 7) is 0.782. The third-order valence-electron chi connectivity index (χ3n) is 5.13. The maximum Gasteiger partial charge on any atom is 0.330 e. The number of carboxylic acids is 2. The van der Waals surface area contributed by atoms with Crippen molar-refractivity contribution >= 4 is 23.9 Å². The number of aliphatic carboxylic acids is 2. The van der Waals surface area contributed by atoms with Crippen molar-refractivity contribution in [3.63, 3.8) is 0 Å². The lowest BCUT2D eigenvalue weighted by molar-refractivity contribution is -0.873. The molecule has 2 unspecified atom stereocenters. The van der Waals surface area contributed by atoms with E-state index in [2.05, 4.69) is 0 Å². The molecule has 0 aromatic rings. The van der Waals surface area contributed by atoms with E-state index in [1.54, 1.807) is 6.08 Å². The van der Waals surface area contributed by atoms with E-state index >= 15 is 0 Å². The first-order valence-corrected chi connectivity index (χ1v) is 12.6. The molecule has 0 fully saturated rings. The first kappa shape index (κ1) is 33.5. The Bertz CT molecular complexity index is 722. The highest BCUT2D eigenvalue weighted by Gasteiger charge is 2.23. The summed E-state index contributed by atoms with van der Waals surface area (Å²) in [6.07, 6.45) is 7.43. The summed E-state index contributed by atoms with van der Waals surface area (Å²) >= 11 is 0. The molecule has 0 spiro atoms. The van der Waals surface area contributed by atoms with Crippen molar-refractivity contribution in [3.05, 3.63) is 12.2 Å². The number of ether oxygens (including phenoxy) is 2. The second-order valence-corrected chi connectivity index (χ2v) is 11.3. The largest absolute Gasteiger partial charge is 0.550 e. The molecule has 0 aromatic carbocycles. The van der Waals surface area contributed by atoms with Crippen molar-refractivity contribution in [1.82, 2.24) is 0 Å². The van der Waals surface area contributed by atoms with Crippen molar-refractivity contribution in [1.29, 1.82) is 0 Å². The predicted octanol–water partition coefficient (Wildman–Crippen LogP) is 0.179. The molecule has 2 atom stereocenters. The molecule has 0 aliphatic carbocycles. The Hall–Kier alpha value is -2.46. The number of nitrogens with zero attached hydrogens (tertiary/aromatic N) is 2. The van der Waals surface area contributed by atoms with Crippen LogP contribution in [0.15, 0.2) is 12.2 Å². The van der Waals surface area contributed by atoms with Crippen molar-refractivity contribution in [2.24, 2.45) is 0 Å². The van der Waals surface area contributed by atoms with E-state index in [1.807, 2.05) is 42.3 Å². The van der Waals surface area contributed by atoms with Gasteiger partial charge in [-0.25, -0.2) is 4.79 Å².